The minimum Gasteiger partial charge on any atom is -0.385 e. The summed E-state index contributed by atoms with van der Waals surface area (Å²) in [6, 6.07) is 0. The van der Waals surface area contributed by atoms with E-state index in [4.69, 9.17) is 4.74 Å². The van der Waals surface area contributed by atoms with Crippen LogP contribution >= 0.6 is 0 Å². The van der Waals surface area contributed by atoms with Gasteiger partial charge in [0.05, 0.1) is 0 Å². The first-order valence-corrected chi connectivity index (χ1v) is 9.13. The van der Waals surface area contributed by atoms with Crippen LogP contribution in [0.1, 0.15) is 37.8 Å². The fraction of sp³-hybridized carbons (Fsp3) is 0.824. The van der Waals surface area contributed by atoms with Crippen molar-refractivity contribution >= 4 is 5.96 Å². The summed E-state index contributed by atoms with van der Waals surface area (Å²) in [5, 5.41) is 15.0. The van der Waals surface area contributed by atoms with E-state index in [1.165, 1.54) is 0 Å². The number of likely N-dealkylation sites (N-methyl/N-ethyl adjacent to an activating group) is 1. The molecule has 2 N–H and O–H groups in total. The molecule has 0 atom stereocenters. The zero-order valence-corrected chi connectivity index (χ0v) is 16.5. The number of hydrogen-bond acceptors (Lipinski definition) is 5. The van der Waals surface area contributed by atoms with Crippen LogP contribution in [0.15, 0.2) is 4.99 Å². The second kappa shape index (κ2) is 12.7. The van der Waals surface area contributed by atoms with Gasteiger partial charge in [0, 0.05) is 46.9 Å². The molecule has 0 amide bonds. The highest BCUT2D eigenvalue weighted by Crippen LogP contribution is 1.99. The Bertz CT molecular complexity index is 501. The largest absolute Gasteiger partial charge is 0.385 e. The Morgan fingerprint density at radius 1 is 1.20 bits per heavy atom. The average Bonchev–Trinajstić information content (AvgIpc) is 2.91. The van der Waals surface area contributed by atoms with E-state index in [1.807, 2.05) is 18.5 Å². The Morgan fingerprint density at radius 3 is 2.60 bits per heavy atom. The molecule has 1 aromatic rings. The molecule has 0 saturated heterocycles. The zero-order valence-electron chi connectivity index (χ0n) is 16.5. The van der Waals surface area contributed by atoms with Crippen LogP contribution in [0.25, 0.3) is 0 Å². The van der Waals surface area contributed by atoms with Crippen LogP contribution in [0.3, 0.4) is 0 Å². The molecule has 0 saturated carbocycles. The Labute approximate surface area is 152 Å². The number of ether oxygens (including phenoxy) is 1. The fourth-order valence-corrected chi connectivity index (χ4v) is 2.25. The molecule has 0 fully saturated rings. The predicted octanol–water partition coefficient (Wildman–Crippen LogP) is 0.927. The van der Waals surface area contributed by atoms with E-state index >= 15 is 0 Å². The van der Waals surface area contributed by atoms with Gasteiger partial charge in [-0.1, -0.05) is 13.3 Å². The molecule has 144 valence electrons. The maximum absolute atomic E-state index is 5.09. The third kappa shape index (κ3) is 8.83. The van der Waals surface area contributed by atoms with Gasteiger partial charge in [0.2, 0.25) is 0 Å². The Balaban J connectivity index is 2.46. The first-order valence-electron chi connectivity index (χ1n) is 9.13. The highest BCUT2D eigenvalue weighted by Gasteiger charge is 2.05. The summed E-state index contributed by atoms with van der Waals surface area (Å²) in [5.74, 6) is 2.60. The number of nitrogens with one attached hydrogen (secondary N) is 2. The third-order valence-corrected chi connectivity index (χ3v) is 4.06. The molecule has 0 aromatic carbocycles. The van der Waals surface area contributed by atoms with Gasteiger partial charge >= 0.3 is 0 Å². The van der Waals surface area contributed by atoms with Crippen molar-refractivity contribution in [1.29, 1.82) is 0 Å². The van der Waals surface area contributed by atoms with E-state index in [1.54, 1.807) is 7.11 Å². The Hall–Kier alpha value is -1.67. The average molecular weight is 354 g/mol. The van der Waals surface area contributed by atoms with Crippen molar-refractivity contribution in [2.75, 3.05) is 46.9 Å². The van der Waals surface area contributed by atoms with Crippen LogP contribution in [0.5, 0.6) is 0 Å². The summed E-state index contributed by atoms with van der Waals surface area (Å²) in [5.41, 5.74) is 0. The zero-order chi connectivity index (χ0) is 18.5. The molecule has 0 aliphatic carbocycles. The van der Waals surface area contributed by atoms with Crippen LogP contribution in [0, 0.1) is 6.92 Å². The number of rotatable bonds is 12. The molecular formula is C17H35N7O. The fourth-order valence-electron chi connectivity index (χ4n) is 2.25. The first-order chi connectivity index (χ1) is 12.1. The lowest BCUT2D eigenvalue weighted by molar-refractivity contribution is 0.180. The molecule has 0 aliphatic rings. The van der Waals surface area contributed by atoms with E-state index in [0.29, 0.717) is 6.54 Å². The van der Waals surface area contributed by atoms with Crippen LogP contribution < -0.4 is 10.6 Å². The standard InChI is InChI=1S/C17H35N7O/c1-6-7-9-18-17(19-10-12-23(3)11-8-13-25-5)20-14-16-22-21-15(2)24(16)4/h6-14H2,1-5H3,(H2,18,19,20). The van der Waals surface area contributed by atoms with Crippen molar-refractivity contribution in [1.82, 2.24) is 30.3 Å². The van der Waals surface area contributed by atoms with Gasteiger partial charge in [-0.2, -0.15) is 0 Å². The summed E-state index contributed by atoms with van der Waals surface area (Å²) in [6.45, 7) is 9.21. The van der Waals surface area contributed by atoms with Gasteiger partial charge in [0.25, 0.3) is 0 Å². The van der Waals surface area contributed by atoms with E-state index in [9.17, 15) is 0 Å². The van der Waals surface area contributed by atoms with Gasteiger partial charge in [-0.05, 0) is 26.8 Å². The van der Waals surface area contributed by atoms with Crippen molar-refractivity contribution in [2.45, 2.75) is 39.7 Å². The molecule has 1 aromatic heterocycles. The predicted molar refractivity (Wildman–Crippen MR) is 102 cm³/mol. The SMILES string of the molecule is CCCCNC(=NCc1nnc(C)n1C)NCCN(C)CCCOC. The molecule has 0 spiro atoms. The van der Waals surface area contributed by atoms with E-state index in [0.717, 1.165) is 69.7 Å². The van der Waals surface area contributed by atoms with Crippen molar-refractivity contribution in [3.63, 3.8) is 0 Å². The summed E-state index contributed by atoms with van der Waals surface area (Å²) >= 11 is 0. The number of hydrogen-bond donors (Lipinski definition) is 2. The van der Waals surface area contributed by atoms with Gasteiger partial charge in [-0.3, -0.25) is 0 Å². The third-order valence-electron chi connectivity index (χ3n) is 4.06. The number of aliphatic imine (C=N–C) groups is 1. The molecular weight excluding hydrogens is 318 g/mol. The normalized spacial score (nSPS) is 12.0. The highest BCUT2D eigenvalue weighted by molar-refractivity contribution is 5.79. The molecule has 0 bridgehead atoms. The number of nitrogens with zero attached hydrogens (tertiary/aromatic N) is 5. The molecule has 0 radical (unpaired) electrons. The van der Waals surface area contributed by atoms with Gasteiger partial charge in [0.1, 0.15) is 12.4 Å². The first kappa shape index (κ1) is 21.4. The summed E-state index contributed by atoms with van der Waals surface area (Å²) in [4.78, 5) is 6.94. The smallest absolute Gasteiger partial charge is 0.191 e. The number of unbranched alkanes of at least 4 members (excludes halogenated alkanes) is 1. The Morgan fingerprint density at radius 2 is 1.96 bits per heavy atom. The minimum atomic E-state index is 0.516. The van der Waals surface area contributed by atoms with Gasteiger partial charge in [-0.15, -0.1) is 10.2 Å². The van der Waals surface area contributed by atoms with Crippen LogP contribution in [-0.2, 0) is 18.3 Å². The summed E-state index contributed by atoms with van der Waals surface area (Å²) < 4.78 is 7.06. The molecule has 1 heterocycles. The maximum atomic E-state index is 5.09. The van der Waals surface area contributed by atoms with Crippen LogP contribution in [0.2, 0.25) is 0 Å². The topological polar surface area (TPSA) is 79.6 Å². The van der Waals surface area contributed by atoms with Crippen molar-refractivity contribution in [3.8, 4) is 0 Å². The monoisotopic (exact) mass is 353 g/mol. The van der Waals surface area contributed by atoms with Gasteiger partial charge < -0.3 is 24.8 Å². The van der Waals surface area contributed by atoms with E-state index in [2.05, 4.69) is 44.7 Å². The molecule has 25 heavy (non-hydrogen) atoms. The molecule has 0 aliphatic heterocycles. The van der Waals surface area contributed by atoms with Crippen molar-refractivity contribution in [3.05, 3.63) is 11.6 Å². The van der Waals surface area contributed by atoms with E-state index < -0.39 is 0 Å². The molecule has 8 nitrogen and oxygen atoms in total. The van der Waals surface area contributed by atoms with Gasteiger partial charge in [0.15, 0.2) is 11.8 Å². The Kier molecular flexibility index (Phi) is 10.8. The number of guanidine groups is 1. The number of aryl methyl sites for hydroxylation is 1. The minimum absolute atomic E-state index is 0.516. The van der Waals surface area contributed by atoms with E-state index in [-0.39, 0.29) is 0 Å². The lowest BCUT2D eigenvalue weighted by Crippen LogP contribution is -2.41. The lowest BCUT2D eigenvalue weighted by Gasteiger charge is -2.18. The summed E-state index contributed by atoms with van der Waals surface area (Å²) in [7, 11) is 5.83. The van der Waals surface area contributed by atoms with Crippen LogP contribution in [0.4, 0.5) is 0 Å². The number of aromatic nitrogens is 3. The van der Waals surface area contributed by atoms with Crippen molar-refractivity contribution < 1.29 is 4.74 Å². The molecule has 8 heteroatoms. The maximum Gasteiger partial charge on any atom is 0.191 e. The summed E-state index contributed by atoms with van der Waals surface area (Å²) in [6.07, 6.45) is 3.33. The number of methoxy groups -OCH3 is 1. The second-order valence-electron chi connectivity index (χ2n) is 6.24. The highest BCUT2D eigenvalue weighted by atomic mass is 16.5. The van der Waals surface area contributed by atoms with Crippen LogP contribution in [-0.4, -0.2) is 72.6 Å². The molecule has 0 unspecified atom stereocenters. The van der Waals surface area contributed by atoms with Crippen molar-refractivity contribution in [2.24, 2.45) is 12.0 Å². The van der Waals surface area contributed by atoms with Gasteiger partial charge in [-0.25, -0.2) is 4.99 Å². The molecule has 1 rings (SSSR count). The second-order valence-corrected chi connectivity index (χ2v) is 6.24. The lowest BCUT2D eigenvalue weighted by atomic mass is 10.3. The quantitative estimate of drug-likeness (QED) is 0.331.